The van der Waals surface area contributed by atoms with Gasteiger partial charge in [-0.15, -0.1) is 4.91 Å². The van der Waals surface area contributed by atoms with Crippen molar-refractivity contribution < 1.29 is 9.47 Å². The van der Waals surface area contributed by atoms with Crippen LogP contribution in [0.1, 0.15) is 33.1 Å². The molecule has 0 N–H and O–H groups in total. The van der Waals surface area contributed by atoms with Gasteiger partial charge in [0.2, 0.25) is 0 Å². The van der Waals surface area contributed by atoms with E-state index in [1.807, 2.05) is 13.8 Å². The predicted molar refractivity (Wildman–Crippen MR) is 59.3 cm³/mol. The molecule has 0 amide bonds. The zero-order chi connectivity index (χ0) is 11.5. The monoisotopic (exact) mass is 218 g/mol. The molecular weight excluding hydrogens is 196 g/mol. The Hall–Kier alpha value is -0.680. The molecule has 5 nitrogen and oxygen atoms in total. The van der Waals surface area contributed by atoms with Gasteiger partial charge < -0.3 is 9.47 Å². The van der Waals surface area contributed by atoms with Gasteiger partial charge >= 0.3 is 0 Å². The largest absolute Gasteiger partial charge is 0.353 e. The Labute approximate surface area is 91.7 Å². The molecule has 90 valence electrons. The van der Waals surface area contributed by atoms with Crippen molar-refractivity contribution >= 4 is 0 Å². The first-order chi connectivity index (χ1) is 7.24. The molecule has 0 heterocycles. The molecule has 0 aliphatic rings. The molecule has 0 unspecified atom stereocenters. The Balaban J connectivity index is 3.47. The van der Waals surface area contributed by atoms with Crippen LogP contribution in [0.5, 0.6) is 0 Å². The summed E-state index contributed by atoms with van der Waals surface area (Å²) in [5, 5.41) is 4.20. The van der Waals surface area contributed by atoms with Gasteiger partial charge in [-0.3, -0.25) is 5.01 Å². The number of nitrogens with zero attached hydrogens (tertiary/aromatic N) is 2. The minimum Gasteiger partial charge on any atom is -0.353 e. The molecule has 0 fully saturated rings. The fourth-order valence-corrected chi connectivity index (χ4v) is 1.28. The van der Waals surface area contributed by atoms with Gasteiger partial charge in [-0.05, 0) is 33.1 Å². The lowest BCUT2D eigenvalue weighted by atomic mass is 10.2. The molecule has 0 bridgehead atoms. The van der Waals surface area contributed by atoms with Crippen LogP contribution in [0.25, 0.3) is 0 Å². The third kappa shape index (κ3) is 8.32. The van der Waals surface area contributed by atoms with Crippen LogP contribution < -0.4 is 0 Å². The normalized spacial score (nSPS) is 10.7. The summed E-state index contributed by atoms with van der Waals surface area (Å²) in [5.74, 6) is 0. The minimum atomic E-state index is -0.102. The quantitative estimate of drug-likeness (QED) is 0.244. The number of hydrogen-bond acceptors (Lipinski definition) is 4. The Morgan fingerprint density at radius 3 is 2.27 bits per heavy atom. The van der Waals surface area contributed by atoms with Gasteiger partial charge in [-0.2, -0.15) is 0 Å². The molecule has 0 aliphatic carbocycles. The van der Waals surface area contributed by atoms with Gasteiger partial charge in [0, 0.05) is 26.8 Å². The zero-order valence-electron chi connectivity index (χ0n) is 9.94. The van der Waals surface area contributed by atoms with Crippen molar-refractivity contribution in [3.63, 3.8) is 0 Å². The van der Waals surface area contributed by atoms with Gasteiger partial charge in [0.25, 0.3) is 0 Å². The van der Waals surface area contributed by atoms with E-state index in [1.54, 1.807) is 7.05 Å². The van der Waals surface area contributed by atoms with Crippen molar-refractivity contribution in [3.8, 4) is 0 Å². The minimum absolute atomic E-state index is 0.102. The zero-order valence-corrected chi connectivity index (χ0v) is 9.94. The van der Waals surface area contributed by atoms with E-state index in [0.717, 1.165) is 19.3 Å². The Morgan fingerprint density at radius 1 is 1.20 bits per heavy atom. The van der Waals surface area contributed by atoms with Crippen LogP contribution in [0.3, 0.4) is 0 Å². The van der Waals surface area contributed by atoms with Crippen molar-refractivity contribution in [2.24, 2.45) is 5.29 Å². The first kappa shape index (κ1) is 14.3. The standard InChI is InChI=1S/C10H22N2O3/c1-4-14-10(15-5-2)8-6-7-9-12(3)11-13/h10H,4-9H2,1-3H3. The number of hydrogen-bond donors (Lipinski definition) is 0. The maximum Gasteiger partial charge on any atom is 0.157 e. The Bertz CT molecular complexity index is 150. The van der Waals surface area contributed by atoms with Crippen molar-refractivity contribution in [2.45, 2.75) is 39.4 Å². The summed E-state index contributed by atoms with van der Waals surface area (Å²) < 4.78 is 10.8. The summed E-state index contributed by atoms with van der Waals surface area (Å²) in [4.78, 5) is 10.1. The number of ether oxygens (including phenoxy) is 2. The summed E-state index contributed by atoms with van der Waals surface area (Å²) in [6.07, 6.45) is 2.67. The van der Waals surface area contributed by atoms with Crippen LogP contribution in [0.2, 0.25) is 0 Å². The van der Waals surface area contributed by atoms with Crippen LogP contribution in [0.4, 0.5) is 0 Å². The van der Waals surface area contributed by atoms with Crippen LogP contribution >= 0.6 is 0 Å². The van der Waals surface area contributed by atoms with E-state index in [0.29, 0.717) is 19.8 Å². The van der Waals surface area contributed by atoms with Gasteiger partial charge in [0.15, 0.2) is 6.29 Å². The van der Waals surface area contributed by atoms with Crippen molar-refractivity contribution in [1.82, 2.24) is 5.01 Å². The second-order valence-electron chi connectivity index (χ2n) is 3.30. The fourth-order valence-electron chi connectivity index (χ4n) is 1.28. The predicted octanol–water partition coefficient (Wildman–Crippen LogP) is 2.17. The molecule has 0 rings (SSSR count). The number of unbranched alkanes of at least 4 members (excludes halogenated alkanes) is 1. The smallest absolute Gasteiger partial charge is 0.157 e. The van der Waals surface area contributed by atoms with Crippen molar-refractivity contribution in [1.29, 1.82) is 0 Å². The fraction of sp³-hybridized carbons (Fsp3) is 1.00. The second-order valence-corrected chi connectivity index (χ2v) is 3.30. The highest BCUT2D eigenvalue weighted by Crippen LogP contribution is 2.07. The van der Waals surface area contributed by atoms with E-state index < -0.39 is 0 Å². The molecule has 0 radical (unpaired) electrons. The average molecular weight is 218 g/mol. The average Bonchev–Trinajstić information content (AvgIpc) is 2.24. The third-order valence-corrected chi connectivity index (χ3v) is 2.02. The first-order valence-corrected chi connectivity index (χ1v) is 5.52. The summed E-state index contributed by atoms with van der Waals surface area (Å²) >= 11 is 0. The van der Waals surface area contributed by atoms with E-state index in [9.17, 15) is 4.91 Å². The SMILES string of the molecule is CCOC(CCCCN(C)N=O)OCC. The number of nitroso groups, excluding NO2 is 1. The van der Waals surface area contributed by atoms with Gasteiger partial charge in [0.1, 0.15) is 0 Å². The summed E-state index contributed by atoms with van der Waals surface area (Å²) in [6.45, 7) is 5.93. The molecule has 0 saturated heterocycles. The Morgan fingerprint density at radius 2 is 1.80 bits per heavy atom. The van der Waals surface area contributed by atoms with Crippen molar-refractivity contribution in [3.05, 3.63) is 4.91 Å². The molecule has 5 heteroatoms. The highest BCUT2D eigenvalue weighted by atomic mass is 16.7. The van der Waals surface area contributed by atoms with Crippen LogP contribution in [0, 0.1) is 4.91 Å². The highest BCUT2D eigenvalue weighted by Gasteiger charge is 2.07. The lowest BCUT2D eigenvalue weighted by Gasteiger charge is -2.17. The molecule has 0 atom stereocenters. The lowest BCUT2D eigenvalue weighted by Crippen LogP contribution is -2.18. The number of rotatable bonds is 10. The second kappa shape index (κ2) is 9.86. The van der Waals surface area contributed by atoms with E-state index in [4.69, 9.17) is 9.47 Å². The van der Waals surface area contributed by atoms with Crippen LogP contribution in [0.15, 0.2) is 5.29 Å². The van der Waals surface area contributed by atoms with Crippen LogP contribution in [-0.4, -0.2) is 38.1 Å². The van der Waals surface area contributed by atoms with E-state index in [2.05, 4.69) is 5.29 Å². The molecule has 15 heavy (non-hydrogen) atoms. The first-order valence-electron chi connectivity index (χ1n) is 5.52. The summed E-state index contributed by atoms with van der Waals surface area (Å²) in [5.41, 5.74) is 0. The van der Waals surface area contributed by atoms with Gasteiger partial charge in [-0.1, -0.05) is 0 Å². The van der Waals surface area contributed by atoms with E-state index in [1.165, 1.54) is 5.01 Å². The molecule has 0 aromatic rings. The van der Waals surface area contributed by atoms with Gasteiger partial charge in [0.05, 0.1) is 5.29 Å². The summed E-state index contributed by atoms with van der Waals surface area (Å²) in [7, 11) is 1.68. The molecule has 0 saturated carbocycles. The van der Waals surface area contributed by atoms with E-state index >= 15 is 0 Å². The van der Waals surface area contributed by atoms with Gasteiger partial charge in [-0.25, -0.2) is 0 Å². The maximum absolute atomic E-state index is 10.1. The highest BCUT2D eigenvalue weighted by molar-refractivity contribution is 4.50. The molecule has 0 aliphatic heterocycles. The third-order valence-electron chi connectivity index (χ3n) is 2.02. The topological polar surface area (TPSA) is 51.1 Å². The Kier molecular flexibility index (Phi) is 9.41. The molecule has 0 spiro atoms. The molecular formula is C10H22N2O3. The van der Waals surface area contributed by atoms with Crippen LogP contribution in [-0.2, 0) is 9.47 Å². The molecule has 0 aromatic carbocycles. The molecule has 0 aromatic heterocycles. The van der Waals surface area contributed by atoms with Crippen molar-refractivity contribution in [2.75, 3.05) is 26.8 Å². The summed E-state index contributed by atoms with van der Waals surface area (Å²) in [6, 6.07) is 0. The lowest BCUT2D eigenvalue weighted by molar-refractivity contribution is -0.140. The maximum atomic E-state index is 10.1. The van der Waals surface area contributed by atoms with E-state index in [-0.39, 0.29) is 6.29 Å².